The van der Waals surface area contributed by atoms with Crippen molar-refractivity contribution in [2.45, 2.75) is 45.1 Å². The molecule has 1 aliphatic rings. The maximum absolute atomic E-state index is 10.8. The summed E-state index contributed by atoms with van der Waals surface area (Å²) in [5.41, 5.74) is 2.43. The molecule has 0 saturated carbocycles. The van der Waals surface area contributed by atoms with Crippen LogP contribution in [0.15, 0.2) is 22.7 Å². The summed E-state index contributed by atoms with van der Waals surface area (Å²) in [6.45, 7) is 3.10. The molecule has 1 heterocycles. The summed E-state index contributed by atoms with van der Waals surface area (Å²) < 4.78 is 1.12. The number of carboxylic acid groups (broad SMARTS) is 1. The van der Waals surface area contributed by atoms with Crippen molar-refractivity contribution in [1.82, 2.24) is 0 Å². The lowest BCUT2D eigenvalue weighted by Crippen LogP contribution is -2.39. The first-order valence-corrected chi connectivity index (χ1v) is 7.62. The fourth-order valence-electron chi connectivity index (χ4n) is 2.69. The molecule has 0 aliphatic carbocycles. The van der Waals surface area contributed by atoms with Gasteiger partial charge in [-0.1, -0.05) is 22.0 Å². The Hall–Kier alpha value is -1.03. The molecule has 1 saturated heterocycles. The SMILES string of the molecule is Cc1ccc(N2CCCCC2CCC(=O)O)cc1Br. The number of benzene rings is 1. The first kappa shape index (κ1) is 14.4. The zero-order valence-electron chi connectivity index (χ0n) is 11.2. The van der Waals surface area contributed by atoms with Crippen LogP contribution >= 0.6 is 15.9 Å². The highest BCUT2D eigenvalue weighted by atomic mass is 79.9. The quantitative estimate of drug-likeness (QED) is 0.910. The second-order valence-corrected chi connectivity index (χ2v) is 6.06. The highest BCUT2D eigenvalue weighted by Crippen LogP contribution is 2.30. The molecule has 104 valence electrons. The lowest BCUT2D eigenvalue weighted by Gasteiger charge is -2.37. The summed E-state index contributed by atoms with van der Waals surface area (Å²) in [5.74, 6) is -0.699. The molecule has 0 spiro atoms. The highest BCUT2D eigenvalue weighted by molar-refractivity contribution is 9.10. The molecule has 1 N–H and O–H groups in total. The van der Waals surface area contributed by atoms with Crippen LogP contribution in [0, 0.1) is 6.92 Å². The molecule has 0 aromatic heterocycles. The zero-order valence-corrected chi connectivity index (χ0v) is 12.8. The van der Waals surface area contributed by atoms with Crippen molar-refractivity contribution in [2.75, 3.05) is 11.4 Å². The van der Waals surface area contributed by atoms with Crippen LogP contribution in [0.1, 0.15) is 37.7 Å². The smallest absolute Gasteiger partial charge is 0.303 e. The number of carboxylic acids is 1. The zero-order chi connectivity index (χ0) is 13.8. The van der Waals surface area contributed by atoms with E-state index in [0.717, 1.165) is 23.9 Å². The van der Waals surface area contributed by atoms with E-state index in [1.54, 1.807) is 0 Å². The Bertz CT molecular complexity index is 461. The number of anilines is 1. The van der Waals surface area contributed by atoms with Crippen molar-refractivity contribution < 1.29 is 9.90 Å². The largest absolute Gasteiger partial charge is 0.481 e. The topological polar surface area (TPSA) is 40.5 Å². The Morgan fingerprint density at radius 1 is 1.47 bits per heavy atom. The fraction of sp³-hybridized carbons (Fsp3) is 0.533. The summed E-state index contributed by atoms with van der Waals surface area (Å²) in [7, 11) is 0. The third-order valence-electron chi connectivity index (χ3n) is 3.81. The number of hydrogen-bond acceptors (Lipinski definition) is 2. The number of carbonyl (C=O) groups is 1. The summed E-state index contributed by atoms with van der Waals surface area (Å²) in [4.78, 5) is 13.1. The molecule has 4 heteroatoms. The van der Waals surface area contributed by atoms with Crippen LogP contribution in [0.5, 0.6) is 0 Å². The molecule has 1 fully saturated rings. The standard InChI is InChI=1S/C15H20BrNO2/c1-11-5-6-13(10-14(11)16)17-9-3-2-4-12(17)7-8-15(18)19/h5-6,10,12H,2-4,7-9H2,1H3,(H,18,19). The van der Waals surface area contributed by atoms with Crippen molar-refractivity contribution in [1.29, 1.82) is 0 Å². The fourth-order valence-corrected chi connectivity index (χ4v) is 3.06. The molecule has 1 aromatic carbocycles. The van der Waals surface area contributed by atoms with E-state index in [0.29, 0.717) is 6.04 Å². The van der Waals surface area contributed by atoms with E-state index in [-0.39, 0.29) is 6.42 Å². The Kier molecular flexibility index (Phi) is 4.86. The van der Waals surface area contributed by atoms with E-state index in [9.17, 15) is 4.79 Å². The number of rotatable bonds is 4. The van der Waals surface area contributed by atoms with Gasteiger partial charge in [-0.05, 0) is 50.3 Å². The van der Waals surface area contributed by atoms with Crippen molar-refractivity contribution in [3.63, 3.8) is 0 Å². The van der Waals surface area contributed by atoms with E-state index >= 15 is 0 Å². The molecule has 0 radical (unpaired) electrons. The van der Waals surface area contributed by atoms with Gasteiger partial charge in [0.15, 0.2) is 0 Å². The minimum absolute atomic E-state index is 0.258. The van der Waals surface area contributed by atoms with E-state index in [1.165, 1.54) is 24.1 Å². The Balaban J connectivity index is 2.13. The van der Waals surface area contributed by atoms with Gasteiger partial charge in [0.2, 0.25) is 0 Å². The number of piperidine rings is 1. The van der Waals surface area contributed by atoms with Crippen LogP contribution in [-0.4, -0.2) is 23.7 Å². The van der Waals surface area contributed by atoms with Crippen LogP contribution in [-0.2, 0) is 4.79 Å². The number of halogens is 1. The van der Waals surface area contributed by atoms with Crippen LogP contribution < -0.4 is 4.90 Å². The van der Waals surface area contributed by atoms with E-state index in [4.69, 9.17) is 5.11 Å². The average molecular weight is 326 g/mol. The minimum atomic E-state index is -0.699. The van der Waals surface area contributed by atoms with Crippen molar-refractivity contribution in [2.24, 2.45) is 0 Å². The van der Waals surface area contributed by atoms with Crippen molar-refractivity contribution >= 4 is 27.6 Å². The third kappa shape index (κ3) is 3.72. The summed E-state index contributed by atoms with van der Waals surface area (Å²) in [6, 6.07) is 6.76. The Morgan fingerprint density at radius 2 is 2.26 bits per heavy atom. The van der Waals surface area contributed by atoms with Crippen molar-refractivity contribution in [3.8, 4) is 0 Å². The van der Waals surface area contributed by atoms with Crippen LogP contribution in [0.4, 0.5) is 5.69 Å². The average Bonchev–Trinajstić information content (AvgIpc) is 2.40. The van der Waals surface area contributed by atoms with Gasteiger partial charge in [0.05, 0.1) is 0 Å². The van der Waals surface area contributed by atoms with Gasteiger partial charge >= 0.3 is 5.97 Å². The molecule has 3 nitrogen and oxygen atoms in total. The van der Waals surface area contributed by atoms with Gasteiger partial charge in [0, 0.05) is 29.2 Å². The third-order valence-corrected chi connectivity index (χ3v) is 4.66. The van der Waals surface area contributed by atoms with Gasteiger partial charge in [0.1, 0.15) is 0 Å². The Morgan fingerprint density at radius 3 is 2.95 bits per heavy atom. The first-order chi connectivity index (χ1) is 9.08. The number of aryl methyl sites for hydroxylation is 1. The van der Waals surface area contributed by atoms with E-state index in [2.05, 4.69) is 46.0 Å². The number of nitrogens with zero attached hydrogens (tertiary/aromatic N) is 1. The van der Waals surface area contributed by atoms with Gasteiger partial charge in [-0.15, -0.1) is 0 Å². The molecule has 1 unspecified atom stereocenters. The number of hydrogen-bond donors (Lipinski definition) is 1. The van der Waals surface area contributed by atoms with Crippen LogP contribution in [0.3, 0.4) is 0 Å². The predicted octanol–water partition coefficient (Wildman–Crippen LogP) is 3.98. The second kappa shape index (κ2) is 6.42. The first-order valence-electron chi connectivity index (χ1n) is 6.82. The maximum Gasteiger partial charge on any atom is 0.303 e. The van der Waals surface area contributed by atoms with Crippen LogP contribution in [0.25, 0.3) is 0 Å². The predicted molar refractivity (Wildman–Crippen MR) is 80.7 cm³/mol. The van der Waals surface area contributed by atoms with Crippen molar-refractivity contribution in [3.05, 3.63) is 28.2 Å². The molecule has 2 rings (SSSR count). The summed E-state index contributed by atoms with van der Waals surface area (Å²) >= 11 is 3.57. The minimum Gasteiger partial charge on any atom is -0.481 e. The molecule has 0 amide bonds. The molecular weight excluding hydrogens is 306 g/mol. The molecule has 1 aromatic rings. The summed E-state index contributed by atoms with van der Waals surface area (Å²) in [5, 5.41) is 8.86. The monoisotopic (exact) mass is 325 g/mol. The lowest BCUT2D eigenvalue weighted by molar-refractivity contribution is -0.137. The van der Waals surface area contributed by atoms with Crippen LogP contribution in [0.2, 0.25) is 0 Å². The van der Waals surface area contributed by atoms with E-state index in [1.807, 2.05) is 0 Å². The highest BCUT2D eigenvalue weighted by Gasteiger charge is 2.23. The van der Waals surface area contributed by atoms with Gasteiger partial charge in [-0.2, -0.15) is 0 Å². The number of aliphatic carboxylic acids is 1. The van der Waals surface area contributed by atoms with E-state index < -0.39 is 5.97 Å². The maximum atomic E-state index is 10.8. The molecule has 1 atom stereocenters. The lowest BCUT2D eigenvalue weighted by atomic mass is 9.97. The van der Waals surface area contributed by atoms with Gasteiger partial charge in [-0.3, -0.25) is 4.79 Å². The van der Waals surface area contributed by atoms with Gasteiger partial charge in [0.25, 0.3) is 0 Å². The second-order valence-electron chi connectivity index (χ2n) is 5.21. The molecule has 19 heavy (non-hydrogen) atoms. The summed E-state index contributed by atoms with van der Waals surface area (Å²) in [6.07, 6.45) is 4.48. The normalized spacial score (nSPS) is 19.5. The molecular formula is C15H20BrNO2. The van der Waals surface area contributed by atoms with Gasteiger partial charge in [-0.25, -0.2) is 0 Å². The van der Waals surface area contributed by atoms with Gasteiger partial charge < -0.3 is 10.0 Å². The Labute approximate surface area is 122 Å². The molecule has 1 aliphatic heterocycles. The molecule has 0 bridgehead atoms.